The van der Waals surface area contributed by atoms with Crippen LogP contribution in [-0.2, 0) is 0 Å². The summed E-state index contributed by atoms with van der Waals surface area (Å²) in [6.45, 7) is 4.92. The first-order valence-corrected chi connectivity index (χ1v) is 6.81. The fourth-order valence-electron chi connectivity index (χ4n) is 5.25. The number of rotatable bonds is 2. The van der Waals surface area contributed by atoms with E-state index >= 15 is 0 Å². The van der Waals surface area contributed by atoms with Gasteiger partial charge in [-0.25, -0.2) is 0 Å². The Morgan fingerprint density at radius 2 is 1.86 bits per heavy atom. The first-order valence-electron chi connectivity index (χ1n) is 6.81. The van der Waals surface area contributed by atoms with E-state index in [1.165, 1.54) is 18.8 Å². The molecule has 0 aromatic rings. The van der Waals surface area contributed by atoms with Gasteiger partial charge in [0.15, 0.2) is 0 Å². The summed E-state index contributed by atoms with van der Waals surface area (Å²) >= 11 is 0. The molecule has 0 heteroatoms. The highest BCUT2D eigenvalue weighted by Gasteiger charge is 2.54. The first kappa shape index (κ1) is 9.24. The van der Waals surface area contributed by atoms with Crippen molar-refractivity contribution in [3.8, 4) is 0 Å². The van der Waals surface area contributed by atoms with Gasteiger partial charge in [-0.2, -0.15) is 0 Å². The molecule has 0 aromatic heterocycles. The molecular weight excluding hydrogens is 168 g/mol. The monoisotopic (exact) mass is 192 g/mol. The summed E-state index contributed by atoms with van der Waals surface area (Å²) in [7, 11) is 0. The molecule has 0 radical (unpaired) electrons. The lowest BCUT2D eigenvalue weighted by Crippen LogP contribution is -2.21. The molecule has 0 saturated heterocycles. The zero-order chi connectivity index (χ0) is 9.71. The maximum absolute atomic E-state index is 2.56. The third kappa shape index (κ3) is 1.12. The second-order valence-corrected chi connectivity index (χ2v) is 6.22. The maximum Gasteiger partial charge on any atom is -0.0326 e. The van der Waals surface area contributed by atoms with Gasteiger partial charge in [-0.1, -0.05) is 26.7 Å². The molecule has 0 N–H and O–H groups in total. The standard InChI is InChI=1S/C14H24/c1-3-4-10-8-13-11-5-6-12(7-11)14(13)9(10)2/h9-14H,3-8H2,1-2H3/t9?,10?,11-,12+,13+,14-/m1/s1. The summed E-state index contributed by atoms with van der Waals surface area (Å²) in [5.74, 6) is 6.80. The van der Waals surface area contributed by atoms with Crippen LogP contribution in [0.25, 0.3) is 0 Å². The lowest BCUT2D eigenvalue weighted by Gasteiger charge is -2.27. The van der Waals surface area contributed by atoms with Gasteiger partial charge in [0.2, 0.25) is 0 Å². The summed E-state index contributed by atoms with van der Waals surface area (Å²) in [6.07, 6.45) is 9.28. The molecule has 2 unspecified atom stereocenters. The lowest BCUT2D eigenvalue weighted by molar-refractivity contribution is 0.211. The minimum Gasteiger partial charge on any atom is -0.0654 e. The number of fused-ring (bicyclic) bond motifs is 5. The van der Waals surface area contributed by atoms with Crippen LogP contribution in [0, 0.1) is 35.5 Å². The van der Waals surface area contributed by atoms with E-state index in [0.29, 0.717) is 0 Å². The first-order chi connectivity index (χ1) is 6.81. The van der Waals surface area contributed by atoms with Crippen LogP contribution in [0.4, 0.5) is 0 Å². The molecule has 2 bridgehead atoms. The lowest BCUT2D eigenvalue weighted by atomic mass is 9.78. The van der Waals surface area contributed by atoms with E-state index in [-0.39, 0.29) is 0 Å². The third-order valence-corrected chi connectivity index (χ3v) is 5.74. The van der Waals surface area contributed by atoms with Gasteiger partial charge in [-0.05, 0) is 61.2 Å². The van der Waals surface area contributed by atoms with Crippen LogP contribution >= 0.6 is 0 Å². The van der Waals surface area contributed by atoms with Crippen molar-refractivity contribution in [2.24, 2.45) is 35.5 Å². The molecule has 0 spiro atoms. The highest BCUT2D eigenvalue weighted by Crippen LogP contribution is 2.62. The van der Waals surface area contributed by atoms with Gasteiger partial charge < -0.3 is 0 Å². The molecule has 0 aliphatic heterocycles. The van der Waals surface area contributed by atoms with Gasteiger partial charge in [-0.15, -0.1) is 0 Å². The van der Waals surface area contributed by atoms with Crippen molar-refractivity contribution < 1.29 is 0 Å². The molecule has 3 saturated carbocycles. The minimum absolute atomic E-state index is 1.07. The normalized spacial score (nSPS) is 55.3. The Kier molecular flexibility index (Phi) is 2.15. The SMILES string of the molecule is CCCC1C[C@H]2[C@@H]3CC[C@@H](C3)[C@H]2C1C. The Labute approximate surface area is 88.5 Å². The van der Waals surface area contributed by atoms with Gasteiger partial charge in [0.1, 0.15) is 0 Å². The maximum atomic E-state index is 2.56. The van der Waals surface area contributed by atoms with E-state index in [9.17, 15) is 0 Å². The molecule has 14 heavy (non-hydrogen) atoms. The summed E-state index contributed by atoms with van der Waals surface area (Å²) in [4.78, 5) is 0. The van der Waals surface area contributed by atoms with Crippen molar-refractivity contribution in [1.29, 1.82) is 0 Å². The second-order valence-electron chi connectivity index (χ2n) is 6.22. The number of hydrogen-bond donors (Lipinski definition) is 0. The van der Waals surface area contributed by atoms with E-state index in [4.69, 9.17) is 0 Å². The molecule has 6 atom stereocenters. The topological polar surface area (TPSA) is 0 Å². The smallest absolute Gasteiger partial charge is 0.0326 e. The Morgan fingerprint density at radius 1 is 1.07 bits per heavy atom. The molecule has 3 aliphatic carbocycles. The molecular formula is C14H24. The minimum atomic E-state index is 1.07. The summed E-state index contributed by atoms with van der Waals surface area (Å²) in [6, 6.07) is 0. The molecule has 0 amide bonds. The van der Waals surface area contributed by atoms with Gasteiger partial charge >= 0.3 is 0 Å². The van der Waals surface area contributed by atoms with Gasteiger partial charge in [0, 0.05) is 0 Å². The molecule has 0 aromatic carbocycles. The second kappa shape index (κ2) is 3.25. The van der Waals surface area contributed by atoms with Gasteiger partial charge in [0.25, 0.3) is 0 Å². The van der Waals surface area contributed by atoms with Crippen molar-refractivity contribution in [2.75, 3.05) is 0 Å². The third-order valence-electron chi connectivity index (χ3n) is 5.74. The predicted octanol–water partition coefficient (Wildman–Crippen LogP) is 4.10. The zero-order valence-corrected chi connectivity index (χ0v) is 9.71. The van der Waals surface area contributed by atoms with Crippen molar-refractivity contribution in [2.45, 2.75) is 52.4 Å². The van der Waals surface area contributed by atoms with E-state index < -0.39 is 0 Å². The van der Waals surface area contributed by atoms with Gasteiger partial charge in [0.05, 0.1) is 0 Å². The Hall–Kier alpha value is 0. The van der Waals surface area contributed by atoms with E-state index in [1.54, 1.807) is 25.7 Å². The number of hydrogen-bond acceptors (Lipinski definition) is 0. The summed E-state index contributed by atoms with van der Waals surface area (Å²) < 4.78 is 0. The highest BCUT2D eigenvalue weighted by atomic mass is 14.6. The highest BCUT2D eigenvalue weighted by molar-refractivity contribution is 5.03. The van der Waals surface area contributed by atoms with Crippen LogP contribution in [0.2, 0.25) is 0 Å². The molecule has 0 nitrogen and oxygen atoms in total. The fraction of sp³-hybridized carbons (Fsp3) is 1.00. The van der Waals surface area contributed by atoms with Crippen LogP contribution in [0.3, 0.4) is 0 Å². The van der Waals surface area contributed by atoms with E-state index in [2.05, 4.69) is 13.8 Å². The summed E-state index contributed by atoms with van der Waals surface area (Å²) in [5.41, 5.74) is 0. The van der Waals surface area contributed by atoms with E-state index in [0.717, 1.165) is 29.6 Å². The average molecular weight is 192 g/mol. The molecule has 0 heterocycles. The molecule has 3 aliphatic rings. The van der Waals surface area contributed by atoms with Crippen molar-refractivity contribution in [1.82, 2.24) is 0 Å². The molecule has 3 fully saturated rings. The van der Waals surface area contributed by atoms with Crippen LogP contribution < -0.4 is 0 Å². The summed E-state index contributed by atoms with van der Waals surface area (Å²) in [5, 5.41) is 0. The van der Waals surface area contributed by atoms with Crippen molar-refractivity contribution >= 4 is 0 Å². The fourth-order valence-corrected chi connectivity index (χ4v) is 5.25. The average Bonchev–Trinajstić information content (AvgIpc) is 2.81. The zero-order valence-electron chi connectivity index (χ0n) is 9.71. The van der Waals surface area contributed by atoms with Crippen LogP contribution in [0.1, 0.15) is 52.4 Å². The Balaban J connectivity index is 1.76. The van der Waals surface area contributed by atoms with Crippen LogP contribution in [0.15, 0.2) is 0 Å². The Bertz CT molecular complexity index is 220. The van der Waals surface area contributed by atoms with Crippen LogP contribution in [0.5, 0.6) is 0 Å². The molecule has 80 valence electrons. The molecule has 3 rings (SSSR count). The van der Waals surface area contributed by atoms with Crippen molar-refractivity contribution in [3.05, 3.63) is 0 Å². The van der Waals surface area contributed by atoms with E-state index in [1.807, 2.05) is 0 Å². The van der Waals surface area contributed by atoms with Crippen molar-refractivity contribution in [3.63, 3.8) is 0 Å². The van der Waals surface area contributed by atoms with Crippen LogP contribution in [-0.4, -0.2) is 0 Å². The predicted molar refractivity (Wildman–Crippen MR) is 60.0 cm³/mol. The quantitative estimate of drug-likeness (QED) is 0.618. The Morgan fingerprint density at radius 3 is 2.57 bits per heavy atom. The largest absolute Gasteiger partial charge is 0.0654 e. The van der Waals surface area contributed by atoms with Gasteiger partial charge in [-0.3, -0.25) is 0 Å².